The van der Waals surface area contributed by atoms with Crippen LogP contribution < -0.4 is 0 Å². The van der Waals surface area contributed by atoms with Gasteiger partial charge < -0.3 is 9.13 Å². The fourth-order valence-electron chi connectivity index (χ4n) is 9.07. The maximum Gasteiger partial charge on any atom is 0.160 e. The standard InChI is InChI=1S/C56H36N4/c1-3-13-39(14-4-1)55-48-19-7-10-20-50(48)57-56(58-55)40-27-31-44(32-28-40)60-51-21-11-8-17-45(51)47-33-29-42(36-54(47)60)38-25-23-37(24-26-38)41-30-34-53-49(35-41)46-18-9-12-22-52(46)59(53)43-15-5-2-6-16-43/h1-36H. The highest BCUT2D eigenvalue weighted by Crippen LogP contribution is 2.38. The zero-order chi connectivity index (χ0) is 39.6. The molecule has 3 aromatic heterocycles. The Hall–Kier alpha value is -8.08. The fourth-order valence-corrected chi connectivity index (χ4v) is 9.07. The number of para-hydroxylation sites is 4. The van der Waals surface area contributed by atoms with Crippen molar-refractivity contribution in [3.05, 3.63) is 218 Å². The second-order valence-electron chi connectivity index (χ2n) is 15.4. The van der Waals surface area contributed by atoms with Gasteiger partial charge >= 0.3 is 0 Å². The predicted molar refractivity (Wildman–Crippen MR) is 250 cm³/mol. The lowest BCUT2D eigenvalue weighted by Gasteiger charge is -2.12. The van der Waals surface area contributed by atoms with Gasteiger partial charge in [0.15, 0.2) is 5.82 Å². The molecule has 0 fully saturated rings. The molecule has 12 rings (SSSR count). The number of hydrogen-bond acceptors (Lipinski definition) is 2. The summed E-state index contributed by atoms with van der Waals surface area (Å²) in [7, 11) is 0. The summed E-state index contributed by atoms with van der Waals surface area (Å²) >= 11 is 0. The normalized spacial score (nSPS) is 11.7. The maximum absolute atomic E-state index is 5.12. The molecular formula is C56H36N4. The molecule has 0 saturated heterocycles. The van der Waals surface area contributed by atoms with Gasteiger partial charge in [-0.2, -0.15) is 0 Å². The number of hydrogen-bond donors (Lipinski definition) is 0. The van der Waals surface area contributed by atoms with E-state index in [1.807, 2.05) is 18.2 Å². The molecule has 280 valence electrons. The molecule has 0 aliphatic rings. The summed E-state index contributed by atoms with van der Waals surface area (Å²) in [5, 5.41) is 6.01. The summed E-state index contributed by atoms with van der Waals surface area (Å²) < 4.78 is 4.74. The van der Waals surface area contributed by atoms with Crippen molar-refractivity contribution in [1.82, 2.24) is 19.1 Å². The number of rotatable bonds is 6. The van der Waals surface area contributed by atoms with E-state index in [0.29, 0.717) is 5.82 Å². The van der Waals surface area contributed by atoms with Crippen LogP contribution in [0.4, 0.5) is 0 Å². The van der Waals surface area contributed by atoms with Gasteiger partial charge in [0, 0.05) is 49.4 Å². The van der Waals surface area contributed by atoms with Gasteiger partial charge in [0.2, 0.25) is 0 Å². The van der Waals surface area contributed by atoms with Crippen LogP contribution >= 0.6 is 0 Å². The first-order valence-electron chi connectivity index (χ1n) is 20.4. The average Bonchev–Trinajstić information content (AvgIpc) is 3.84. The Labute approximate surface area is 346 Å². The van der Waals surface area contributed by atoms with Crippen LogP contribution in [0.15, 0.2) is 218 Å². The highest BCUT2D eigenvalue weighted by Gasteiger charge is 2.17. The van der Waals surface area contributed by atoms with E-state index in [0.717, 1.165) is 33.4 Å². The Balaban J connectivity index is 0.912. The molecular weight excluding hydrogens is 729 g/mol. The topological polar surface area (TPSA) is 35.6 Å². The van der Waals surface area contributed by atoms with Crippen LogP contribution in [-0.4, -0.2) is 19.1 Å². The quantitative estimate of drug-likeness (QED) is 0.169. The summed E-state index contributed by atoms with van der Waals surface area (Å²) in [6.45, 7) is 0. The number of aromatic nitrogens is 4. The molecule has 0 saturated carbocycles. The van der Waals surface area contributed by atoms with Crippen molar-refractivity contribution in [2.45, 2.75) is 0 Å². The van der Waals surface area contributed by atoms with E-state index in [-0.39, 0.29) is 0 Å². The number of fused-ring (bicyclic) bond motifs is 7. The van der Waals surface area contributed by atoms with Gasteiger partial charge in [-0.25, -0.2) is 9.97 Å². The minimum Gasteiger partial charge on any atom is -0.309 e. The molecule has 0 amide bonds. The van der Waals surface area contributed by atoms with Crippen molar-refractivity contribution in [2.24, 2.45) is 0 Å². The van der Waals surface area contributed by atoms with Crippen molar-refractivity contribution >= 4 is 54.5 Å². The summed E-state index contributed by atoms with van der Waals surface area (Å²) in [4.78, 5) is 10.1. The molecule has 12 aromatic rings. The second kappa shape index (κ2) is 13.8. The number of benzene rings is 9. The summed E-state index contributed by atoms with van der Waals surface area (Å²) in [6.07, 6.45) is 0. The van der Waals surface area contributed by atoms with Crippen LogP contribution in [0.5, 0.6) is 0 Å². The molecule has 0 aliphatic heterocycles. The minimum atomic E-state index is 0.714. The summed E-state index contributed by atoms with van der Waals surface area (Å²) in [6, 6.07) is 78.0. The van der Waals surface area contributed by atoms with E-state index in [2.05, 4.69) is 209 Å². The van der Waals surface area contributed by atoms with E-state index in [4.69, 9.17) is 9.97 Å². The minimum absolute atomic E-state index is 0.714. The zero-order valence-corrected chi connectivity index (χ0v) is 32.6. The van der Waals surface area contributed by atoms with Gasteiger partial charge in [0.05, 0.1) is 33.3 Å². The molecule has 0 radical (unpaired) electrons. The first-order chi connectivity index (χ1) is 29.7. The first kappa shape index (κ1) is 34.0. The van der Waals surface area contributed by atoms with Crippen molar-refractivity contribution in [3.8, 4) is 56.3 Å². The van der Waals surface area contributed by atoms with Crippen LogP contribution in [-0.2, 0) is 0 Å². The predicted octanol–water partition coefficient (Wildman–Crippen LogP) is 14.5. The third-order valence-electron chi connectivity index (χ3n) is 11.9. The van der Waals surface area contributed by atoms with E-state index in [1.165, 1.54) is 71.6 Å². The molecule has 0 N–H and O–H groups in total. The smallest absolute Gasteiger partial charge is 0.160 e. The molecule has 4 nitrogen and oxygen atoms in total. The van der Waals surface area contributed by atoms with Crippen LogP contribution in [0, 0.1) is 0 Å². The molecule has 0 atom stereocenters. The largest absolute Gasteiger partial charge is 0.309 e. The fraction of sp³-hybridized carbons (Fsp3) is 0. The first-order valence-corrected chi connectivity index (χ1v) is 20.4. The van der Waals surface area contributed by atoms with Crippen molar-refractivity contribution in [2.75, 3.05) is 0 Å². The van der Waals surface area contributed by atoms with Gasteiger partial charge in [-0.3, -0.25) is 0 Å². The molecule has 0 bridgehead atoms. The van der Waals surface area contributed by atoms with E-state index in [9.17, 15) is 0 Å². The lowest BCUT2D eigenvalue weighted by molar-refractivity contribution is 1.17. The van der Waals surface area contributed by atoms with Crippen LogP contribution in [0.3, 0.4) is 0 Å². The van der Waals surface area contributed by atoms with Crippen molar-refractivity contribution in [1.29, 1.82) is 0 Å². The molecule has 9 aromatic carbocycles. The molecule has 4 heteroatoms. The third-order valence-corrected chi connectivity index (χ3v) is 11.9. The third kappa shape index (κ3) is 5.53. The molecule has 3 heterocycles. The van der Waals surface area contributed by atoms with Gasteiger partial charge in [-0.05, 0) is 95.1 Å². The maximum atomic E-state index is 5.12. The van der Waals surface area contributed by atoms with E-state index in [1.54, 1.807) is 0 Å². The highest BCUT2D eigenvalue weighted by molar-refractivity contribution is 6.11. The van der Waals surface area contributed by atoms with Crippen LogP contribution in [0.25, 0.3) is 111 Å². The Morgan fingerprint density at radius 3 is 1.47 bits per heavy atom. The average molecular weight is 765 g/mol. The van der Waals surface area contributed by atoms with Crippen LogP contribution in [0.2, 0.25) is 0 Å². The van der Waals surface area contributed by atoms with E-state index < -0.39 is 0 Å². The van der Waals surface area contributed by atoms with Gasteiger partial charge in [-0.1, -0.05) is 146 Å². The van der Waals surface area contributed by atoms with Crippen LogP contribution in [0.1, 0.15) is 0 Å². The molecule has 0 unspecified atom stereocenters. The molecule has 0 aliphatic carbocycles. The van der Waals surface area contributed by atoms with E-state index >= 15 is 0 Å². The van der Waals surface area contributed by atoms with Crippen molar-refractivity contribution in [3.63, 3.8) is 0 Å². The van der Waals surface area contributed by atoms with Gasteiger partial charge in [0.1, 0.15) is 0 Å². The lowest BCUT2D eigenvalue weighted by atomic mass is 9.98. The highest BCUT2D eigenvalue weighted by atomic mass is 15.0. The van der Waals surface area contributed by atoms with Crippen molar-refractivity contribution < 1.29 is 0 Å². The monoisotopic (exact) mass is 764 g/mol. The summed E-state index contributed by atoms with van der Waals surface area (Å²) in [5.74, 6) is 0.714. The molecule has 60 heavy (non-hydrogen) atoms. The summed E-state index contributed by atoms with van der Waals surface area (Å²) in [5.41, 5.74) is 15.7. The van der Waals surface area contributed by atoms with Gasteiger partial charge in [-0.15, -0.1) is 0 Å². The van der Waals surface area contributed by atoms with Gasteiger partial charge in [0.25, 0.3) is 0 Å². The Morgan fingerprint density at radius 1 is 0.267 bits per heavy atom. The zero-order valence-electron chi connectivity index (χ0n) is 32.6. The lowest BCUT2D eigenvalue weighted by Crippen LogP contribution is -1.97. The number of nitrogens with zero attached hydrogens (tertiary/aromatic N) is 4. The Bertz CT molecular complexity index is 3560. The molecule has 0 spiro atoms. The second-order valence-corrected chi connectivity index (χ2v) is 15.4. The SMILES string of the molecule is c1ccc(-c2nc(-c3ccc(-n4c5ccccc5c5ccc(-c6ccc(-c7ccc8c(c7)c7ccccc7n8-c7ccccc7)cc6)cc54)cc3)nc3ccccc23)cc1. The Kier molecular flexibility index (Phi) is 7.82. The Morgan fingerprint density at radius 2 is 0.750 bits per heavy atom.